The average molecular weight is 343 g/mol. The van der Waals surface area contributed by atoms with Gasteiger partial charge < -0.3 is 9.42 Å². The molecular weight excluding hydrogens is 321 g/mol. The van der Waals surface area contributed by atoms with Gasteiger partial charge in [-0.05, 0) is 43.9 Å². The molecular formula is C19H22FN3O2. The van der Waals surface area contributed by atoms with E-state index in [1.54, 1.807) is 11.0 Å². The highest BCUT2D eigenvalue weighted by Gasteiger charge is 2.25. The number of nitrogens with zero attached hydrogens (tertiary/aromatic N) is 2. The van der Waals surface area contributed by atoms with Crippen LogP contribution in [0.1, 0.15) is 30.2 Å². The normalized spacial score (nSPS) is 19.3. The lowest BCUT2D eigenvalue weighted by Crippen LogP contribution is -2.42. The van der Waals surface area contributed by atoms with Gasteiger partial charge in [-0.1, -0.05) is 35.9 Å². The van der Waals surface area contributed by atoms with Crippen LogP contribution in [0.15, 0.2) is 34.4 Å². The number of hydrogen-bond donors (Lipinski definition) is 1. The smallest absolute Gasteiger partial charge is 0.324 e. The maximum Gasteiger partial charge on any atom is 0.324 e. The molecule has 6 heteroatoms. The first kappa shape index (κ1) is 17.2. The Morgan fingerprint density at radius 2 is 2.24 bits per heavy atom. The number of carbonyl (C=O) groups excluding carboxylic acids is 1. The maximum absolute atomic E-state index is 13.3. The van der Waals surface area contributed by atoms with E-state index in [1.807, 2.05) is 26.0 Å². The van der Waals surface area contributed by atoms with Crippen molar-refractivity contribution in [2.75, 3.05) is 18.4 Å². The summed E-state index contributed by atoms with van der Waals surface area (Å²) >= 11 is 0. The van der Waals surface area contributed by atoms with E-state index in [0.29, 0.717) is 19.0 Å². The second-order valence-electron chi connectivity index (χ2n) is 6.52. The number of aromatic nitrogens is 1. The van der Waals surface area contributed by atoms with E-state index in [-0.39, 0.29) is 17.8 Å². The molecule has 5 nitrogen and oxygen atoms in total. The van der Waals surface area contributed by atoms with Gasteiger partial charge in [0.1, 0.15) is 5.82 Å². The van der Waals surface area contributed by atoms with Crippen molar-refractivity contribution in [2.24, 2.45) is 5.92 Å². The minimum absolute atomic E-state index is 0.184. The summed E-state index contributed by atoms with van der Waals surface area (Å²) in [4.78, 5) is 14.2. The number of benzene rings is 1. The van der Waals surface area contributed by atoms with Gasteiger partial charge in [0, 0.05) is 18.7 Å². The molecule has 25 heavy (non-hydrogen) atoms. The number of carbonyl (C=O) groups is 1. The lowest BCUT2D eigenvalue weighted by Gasteiger charge is -2.33. The molecule has 0 bridgehead atoms. The fraction of sp³-hybridized carbons (Fsp3) is 0.368. The number of amides is 2. The van der Waals surface area contributed by atoms with Crippen molar-refractivity contribution >= 4 is 18.0 Å². The molecule has 1 fully saturated rings. The Morgan fingerprint density at radius 1 is 1.44 bits per heavy atom. The van der Waals surface area contributed by atoms with Gasteiger partial charge in [-0.2, -0.15) is 0 Å². The Morgan fingerprint density at radius 3 is 2.88 bits per heavy atom. The number of aryl methyl sites for hydroxylation is 1. The van der Waals surface area contributed by atoms with Crippen LogP contribution in [-0.4, -0.2) is 29.2 Å². The summed E-state index contributed by atoms with van der Waals surface area (Å²) in [5.41, 5.74) is 3.68. The predicted octanol–water partition coefficient (Wildman–Crippen LogP) is 4.39. The van der Waals surface area contributed by atoms with E-state index in [0.717, 1.165) is 23.2 Å². The highest BCUT2D eigenvalue weighted by Crippen LogP contribution is 2.26. The topological polar surface area (TPSA) is 58.4 Å². The van der Waals surface area contributed by atoms with Crippen LogP contribution in [0.2, 0.25) is 0 Å². The number of nitrogens with one attached hydrogen (secondary N) is 1. The van der Waals surface area contributed by atoms with E-state index in [4.69, 9.17) is 4.52 Å². The van der Waals surface area contributed by atoms with Crippen LogP contribution in [0, 0.1) is 25.6 Å². The molecule has 1 aliphatic heterocycles. The minimum Gasteiger partial charge on any atom is -0.338 e. The number of halogens is 1. The van der Waals surface area contributed by atoms with Crippen molar-refractivity contribution in [2.45, 2.75) is 27.2 Å². The zero-order valence-corrected chi connectivity index (χ0v) is 14.7. The van der Waals surface area contributed by atoms with Crippen molar-refractivity contribution < 1.29 is 13.7 Å². The lowest BCUT2D eigenvalue weighted by atomic mass is 9.91. The lowest BCUT2D eigenvalue weighted by molar-refractivity contribution is 0.197. The molecule has 0 aliphatic carbocycles. The molecule has 2 aromatic rings. The Hall–Kier alpha value is -2.63. The van der Waals surface area contributed by atoms with Crippen LogP contribution in [0.4, 0.5) is 15.1 Å². The maximum atomic E-state index is 13.3. The number of likely N-dealkylation sites (tertiary alicyclic amines) is 1. The SMILES string of the molecule is Cc1noc(NC(=O)N2CC/C(=C\c3cccc(F)c3)C(C)C2)c1C. The summed E-state index contributed by atoms with van der Waals surface area (Å²) in [6.07, 6.45) is 2.78. The summed E-state index contributed by atoms with van der Waals surface area (Å²) in [6, 6.07) is 6.36. The molecule has 1 aliphatic rings. The Kier molecular flexibility index (Phi) is 4.88. The Labute approximate surface area is 146 Å². The molecule has 2 heterocycles. The van der Waals surface area contributed by atoms with Crippen LogP contribution in [0.25, 0.3) is 6.08 Å². The molecule has 0 saturated carbocycles. The fourth-order valence-corrected chi connectivity index (χ4v) is 2.97. The van der Waals surface area contributed by atoms with Gasteiger partial charge in [0.15, 0.2) is 0 Å². The first-order valence-electron chi connectivity index (χ1n) is 8.39. The van der Waals surface area contributed by atoms with Gasteiger partial charge in [-0.15, -0.1) is 0 Å². The van der Waals surface area contributed by atoms with Gasteiger partial charge >= 0.3 is 6.03 Å². The molecule has 0 radical (unpaired) electrons. The van der Waals surface area contributed by atoms with Crippen LogP contribution >= 0.6 is 0 Å². The Balaban J connectivity index is 1.65. The van der Waals surface area contributed by atoms with Crippen molar-refractivity contribution in [1.82, 2.24) is 10.1 Å². The molecule has 1 saturated heterocycles. The Bertz CT molecular complexity index is 813. The van der Waals surface area contributed by atoms with Crippen molar-refractivity contribution in [1.29, 1.82) is 0 Å². The molecule has 2 amide bonds. The number of rotatable bonds is 2. The zero-order chi connectivity index (χ0) is 18.0. The molecule has 1 unspecified atom stereocenters. The van der Waals surface area contributed by atoms with E-state index in [2.05, 4.69) is 17.4 Å². The van der Waals surface area contributed by atoms with E-state index in [1.165, 1.54) is 17.7 Å². The van der Waals surface area contributed by atoms with Crippen molar-refractivity contribution in [3.63, 3.8) is 0 Å². The van der Waals surface area contributed by atoms with Crippen LogP contribution in [-0.2, 0) is 0 Å². The van der Waals surface area contributed by atoms with Gasteiger partial charge in [0.25, 0.3) is 0 Å². The summed E-state index contributed by atoms with van der Waals surface area (Å²) in [5.74, 6) is 0.369. The van der Waals surface area contributed by atoms with Crippen LogP contribution < -0.4 is 5.32 Å². The molecule has 0 spiro atoms. The van der Waals surface area contributed by atoms with Gasteiger partial charge in [0.05, 0.1) is 5.69 Å². The highest BCUT2D eigenvalue weighted by atomic mass is 19.1. The highest BCUT2D eigenvalue weighted by molar-refractivity contribution is 5.88. The van der Waals surface area contributed by atoms with E-state index >= 15 is 0 Å². The first-order chi connectivity index (χ1) is 11.9. The summed E-state index contributed by atoms with van der Waals surface area (Å²) in [5, 5.41) is 6.63. The molecule has 1 aromatic heterocycles. The molecule has 3 rings (SSSR count). The fourth-order valence-electron chi connectivity index (χ4n) is 2.97. The quantitative estimate of drug-likeness (QED) is 0.880. The zero-order valence-electron chi connectivity index (χ0n) is 14.7. The predicted molar refractivity (Wildman–Crippen MR) is 94.7 cm³/mol. The van der Waals surface area contributed by atoms with Crippen molar-refractivity contribution in [3.05, 3.63) is 52.5 Å². The van der Waals surface area contributed by atoms with E-state index < -0.39 is 0 Å². The molecule has 1 N–H and O–H groups in total. The first-order valence-corrected chi connectivity index (χ1v) is 8.39. The number of urea groups is 1. The molecule has 1 atom stereocenters. The average Bonchev–Trinajstić information content (AvgIpc) is 2.89. The summed E-state index contributed by atoms with van der Waals surface area (Å²) in [6.45, 7) is 7.00. The second-order valence-corrected chi connectivity index (χ2v) is 6.52. The largest absolute Gasteiger partial charge is 0.338 e. The monoisotopic (exact) mass is 343 g/mol. The van der Waals surface area contributed by atoms with Crippen LogP contribution in [0.3, 0.4) is 0 Å². The third-order valence-corrected chi connectivity index (χ3v) is 4.66. The van der Waals surface area contributed by atoms with Crippen molar-refractivity contribution in [3.8, 4) is 0 Å². The third-order valence-electron chi connectivity index (χ3n) is 4.66. The minimum atomic E-state index is -0.239. The van der Waals surface area contributed by atoms with E-state index in [9.17, 15) is 9.18 Å². The molecule has 132 valence electrons. The van der Waals surface area contributed by atoms with Gasteiger partial charge in [-0.3, -0.25) is 5.32 Å². The third kappa shape index (κ3) is 3.90. The standard InChI is InChI=1S/C19H22FN3O2/c1-12-11-23(19(24)21-18-13(2)14(3)22-25-18)8-7-16(12)9-15-5-4-6-17(20)10-15/h4-6,9-10,12H,7-8,11H2,1-3H3,(H,21,24)/b16-9+. The second kappa shape index (κ2) is 7.09. The summed E-state index contributed by atoms with van der Waals surface area (Å²) in [7, 11) is 0. The number of hydrogen-bond acceptors (Lipinski definition) is 3. The number of anilines is 1. The molecule has 1 aromatic carbocycles. The van der Waals surface area contributed by atoms with Gasteiger partial charge in [-0.25, -0.2) is 9.18 Å². The van der Waals surface area contributed by atoms with Crippen LogP contribution in [0.5, 0.6) is 0 Å². The summed E-state index contributed by atoms with van der Waals surface area (Å²) < 4.78 is 18.5. The van der Waals surface area contributed by atoms with Gasteiger partial charge in [0.2, 0.25) is 5.88 Å². The number of piperidine rings is 1.